The maximum absolute atomic E-state index is 11.6. The third-order valence-electron chi connectivity index (χ3n) is 3.58. The van der Waals surface area contributed by atoms with Gasteiger partial charge in [0.2, 0.25) is 10.0 Å². The van der Waals surface area contributed by atoms with Crippen molar-refractivity contribution in [3.63, 3.8) is 0 Å². The van der Waals surface area contributed by atoms with Gasteiger partial charge in [0, 0.05) is 13.2 Å². The Morgan fingerprint density at radius 1 is 1.31 bits per heavy atom. The van der Waals surface area contributed by atoms with Gasteiger partial charge in [0.1, 0.15) is 0 Å². The smallest absolute Gasteiger partial charge is 0.211 e. The molecule has 4 nitrogen and oxygen atoms in total. The van der Waals surface area contributed by atoms with E-state index in [1.807, 2.05) is 0 Å². The molecule has 0 aromatic carbocycles. The molecular weight excluding hydrogens is 226 g/mol. The van der Waals surface area contributed by atoms with Crippen LogP contribution in [0.2, 0.25) is 0 Å². The Kier molecular flexibility index (Phi) is 4.76. The van der Waals surface area contributed by atoms with Crippen LogP contribution in [-0.4, -0.2) is 32.4 Å². The Bertz CT molecular complexity index is 307. The summed E-state index contributed by atoms with van der Waals surface area (Å²) in [6, 6.07) is 0. The van der Waals surface area contributed by atoms with Crippen LogP contribution in [0.4, 0.5) is 0 Å². The summed E-state index contributed by atoms with van der Waals surface area (Å²) in [5, 5.41) is 8.59. The molecule has 0 heterocycles. The summed E-state index contributed by atoms with van der Waals surface area (Å²) in [4.78, 5) is 0. The first-order valence-corrected chi connectivity index (χ1v) is 7.65. The van der Waals surface area contributed by atoms with Gasteiger partial charge in [0.15, 0.2) is 0 Å². The van der Waals surface area contributed by atoms with Crippen molar-refractivity contribution in [3.05, 3.63) is 0 Å². The number of aliphatic hydroxyl groups excluding tert-OH is 1. The maximum Gasteiger partial charge on any atom is 0.211 e. The molecule has 5 heteroatoms. The van der Waals surface area contributed by atoms with E-state index in [-0.39, 0.29) is 17.8 Å². The van der Waals surface area contributed by atoms with Crippen molar-refractivity contribution in [1.82, 2.24) is 4.72 Å². The SMILES string of the molecule is CC(C)C1(CNS(=O)(=O)CCCCO)CC1. The molecule has 1 aliphatic carbocycles. The highest BCUT2D eigenvalue weighted by Gasteiger charge is 2.45. The Labute approximate surface area is 98.5 Å². The van der Waals surface area contributed by atoms with Gasteiger partial charge in [-0.2, -0.15) is 0 Å². The second kappa shape index (κ2) is 5.47. The van der Waals surface area contributed by atoms with E-state index in [9.17, 15) is 8.42 Å². The fourth-order valence-corrected chi connectivity index (χ4v) is 3.08. The number of hydrogen-bond donors (Lipinski definition) is 2. The van der Waals surface area contributed by atoms with Crippen LogP contribution in [0, 0.1) is 11.3 Å². The highest BCUT2D eigenvalue weighted by molar-refractivity contribution is 7.89. The summed E-state index contributed by atoms with van der Waals surface area (Å²) in [5.74, 6) is 0.662. The molecule has 0 spiro atoms. The Morgan fingerprint density at radius 2 is 1.94 bits per heavy atom. The maximum atomic E-state index is 11.6. The first-order chi connectivity index (χ1) is 7.42. The molecule has 0 aromatic rings. The minimum absolute atomic E-state index is 0.0610. The normalized spacial score (nSPS) is 19.0. The number of aliphatic hydroxyl groups is 1. The summed E-state index contributed by atoms with van der Waals surface area (Å²) < 4.78 is 25.9. The molecule has 16 heavy (non-hydrogen) atoms. The Morgan fingerprint density at radius 3 is 2.38 bits per heavy atom. The van der Waals surface area contributed by atoms with Gasteiger partial charge in [-0.3, -0.25) is 0 Å². The van der Waals surface area contributed by atoms with Crippen LogP contribution >= 0.6 is 0 Å². The average Bonchev–Trinajstić information content (AvgIpc) is 2.96. The molecule has 1 saturated carbocycles. The van der Waals surface area contributed by atoms with Gasteiger partial charge < -0.3 is 5.11 Å². The summed E-state index contributed by atoms with van der Waals surface area (Å²) in [6.45, 7) is 4.93. The van der Waals surface area contributed by atoms with E-state index in [0.717, 1.165) is 12.8 Å². The lowest BCUT2D eigenvalue weighted by atomic mass is 9.93. The van der Waals surface area contributed by atoms with Crippen molar-refractivity contribution in [3.8, 4) is 0 Å². The number of nitrogens with one attached hydrogen (secondary N) is 1. The van der Waals surface area contributed by atoms with Crippen molar-refractivity contribution in [2.45, 2.75) is 39.5 Å². The molecule has 0 radical (unpaired) electrons. The second-order valence-corrected chi connectivity index (χ2v) is 7.01. The molecule has 1 rings (SSSR count). The van der Waals surface area contributed by atoms with Crippen molar-refractivity contribution < 1.29 is 13.5 Å². The van der Waals surface area contributed by atoms with Gasteiger partial charge in [-0.25, -0.2) is 13.1 Å². The molecule has 0 saturated heterocycles. The monoisotopic (exact) mass is 249 g/mol. The van der Waals surface area contributed by atoms with Crippen LogP contribution in [0.3, 0.4) is 0 Å². The van der Waals surface area contributed by atoms with Gasteiger partial charge >= 0.3 is 0 Å². The lowest BCUT2D eigenvalue weighted by Gasteiger charge is -2.19. The van der Waals surface area contributed by atoms with Crippen LogP contribution in [0.25, 0.3) is 0 Å². The van der Waals surface area contributed by atoms with Crippen LogP contribution in [0.5, 0.6) is 0 Å². The molecular formula is C11H23NO3S. The van der Waals surface area contributed by atoms with Crippen molar-refractivity contribution in [2.24, 2.45) is 11.3 Å². The molecule has 0 atom stereocenters. The van der Waals surface area contributed by atoms with E-state index in [1.54, 1.807) is 0 Å². The first kappa shape index (κ1) is 13.9. The summed E-state index contributed by atoms with van der Waals surface area (Å²) >= 11 is 0. The van der Waals surface area contributed by atoms with Crippen LogP contribution in [-0.2, 0) is 10.0 Å². The average molecular weight is 249 g/mol. The van der Waals surface area contributed by atoms with E-state index in [2.05, 4.69) is 18.6 Å². The molecule has 1 fully saturated rings. The van der Waals surface area contributed by atoms with Gasteiger partial charge in [0.05, 0.1) is 5.75 Å². The van der Waals surface area contributed by atoms with Gasteiger partial charge in [0.25, 0.3) is 0 Å². The number of sulfonamides is 1. The van der Waals surface area contributed by atoms with Crippen LogP contribution in [0.15, 0.2) is 0 Å². The quantitative estimate of drug-likeness (QED) is 0.633. The van der Waals surface area contributed by atoms with Crippen molar-refractivity contribution in [1.29, 1.82) is 0 Å². The fraction of sp³-hybridized carbons (Fsp3) is 1.00. The van der Waals surface area contributed by atoms with E-state index in [4.69, 9.17) is 5.11 Å². The van der Waals surface area contributed by atoms with Crippen LogP contribution < -0.4 is 4.72 Å². The first-order valence-electron chi connectivity index (χ1n) is 6.00. The molecule has 2 N–H and O–H groups in total. The van der Waals surface area contributed by atoms with Crippen molar-refractivity contribution >= 4 is 10.0 Å². The lowest BCUT2D eigenvalue weighted by Crippen LogP contribution is -2.34. The number of rotatable bonds is 8. The zero-order chi connectivity index (χ0) is 12.2. The third-order valence-corrected chi connectivity index (χ3v) is 4.99. The van der Waals surface area contributed by atoms with Crippen molar-refractivity contribution in [2.75, 3.05) is 18.9 Å². The highest BCUT2D eigenvalue weighted by Crippen LogP contribution is 2.51. The minimum atomic E-state index is -3.14. The second-order valence-electron chi connectivity index (χ2n) is 5.09. The molecule has 0 amide bonds. The van der Waals surface area contributed by atoms with Gasteiger partial charge in [-0.15, -0.1) is 0 Å². The van der Waals surface area contributed by atoms with Gasteiger partial charge in [-0.05, 0) is 37.0 Å². The predicted molar refractivity (Wildman–Crippen MR) is 64.6 cm³/mol. The molecule has 0 unspecified atom stereocenters. The van der Waals surface area contributed by atoms with Crippen LogP contribution in [0.1, 0.15) is 39.5 Å². The highest BCUT2D eigenvalue weighted by atomic mass is 32.2. The molecule has 1 aliphatic rings. The van der Waals surface area contributed by atoms with E-state index in [0.29, 0.717) is 25.3 Å². The molecule has 0 aromatic heterocycles. The summed E-state index contributed by atoms with van der Waals surface area (Å²) in [5.41, 5.74) is 0.212. The largest absolute Gasteiger partial charge is 0.396 e. The molecule has 0 aliphatic heterocycles. The van der Waals surface area contributed by atoms with Gasteiger partial charge in [-0.1, -0.05) is 13.8 Å². The Balaban J connectivity index is 2.31. The minimum Gasteiger partial charge on any atom is -0.396 e. The number of hydrogen-bond acceptors (Lipinski definition) is 3. The van der Waals surface area contributed by atoms with E-state index >= 15 is 0 Å². The third kappa shape index (κ3) is 4.03. The zero-order valence-electron chi connectivity index (χ0n) is 10.2. The van der Waals surface area contributed by atoms with E-state index < -0.39 is 10.0 Å². The zero-order valence-corrected chi connectivity index (χ0v) is 11.0. The predicted octanol–water partition coefficient (Wildman–Crippen LogP) is 1.11. The standard InChI is InChI=1S/C11H23NO3S/c1-10(2)11(5-6-11)9-12-16(14,15)8-4-3-7-13/h10,12-13H,3-9H2,1-2H3. The summed E-state index contributed by atoms with van der Waals surface area (Å²) in [7, 11) is -3.14. The summed E-state index contributed by atoms with van der Waals surface area (Å²) in [6.07, 6.45) is 3.34. The lowest BCUT2D eigenvalue weighted by molar-refractivity contribution is 0.287. The molecule has 96 valence electrons. The Hall–Kier alpha value is -0.130. The fourth-order valence-electron chi connectivity index (χ4n) is 1.85. The molecule has 0 bridgehead atoms. The van der Waals surface area contributed by atoms with E-state index in [1.165, 1.54) is 0 Å². The topological polar surface area (TPSA) is 66.4 Å². The number of unbranched alkanes of at least 4 members (excludes halogenated alkanes) is 1.